The lowest BCUT2D eigenvalue weighted by atomic mass is 10.3. The zero-order valence-electron chi connectivity index (χ0n) is 5.96. The fourth-order valence-corrected chi connectivity index (χ4v) is 0.845. The Morgan fingerprint density at radius 3 is 2.25 bits per heavy atom. The van der Waals surface area contributed by atoms with E-state index >= 15 is 0 Å². The van der Waals surface area contributed by atoms with Gasteiger partial charge in [0.2, 0.25) is 0 Å². The Kier molecular flexibility index (Phi) is 8.31. The first-order chi connectivity index (χ1) is 4.74. The van der Waals surface area contributed by atoms with Gasteiger partial charge in [0.1, 0.15) is 5.15 Å². The van der Waals surface area contributed by atoms with Crippen molar-refractivity contribution in [2.45, 2.75) is 6.54 Å². The van der Waals surface area contributed by atoms with Crippen molar-refractivity contribution < 1.29 is 0 Å². The van der Waals surface area contributed by atoms with Crippen LogP contribution in [0.15, 0.2) is 12.1 Å². The van der Waals surface area contributed by atoms with Crippen molar-refractivity contribution in [1.29, 1.82) is 0 Å². The minimum absolute atomic E-state index is 0. The van der Waals surface area contributed by atoms with Crippen molar-refractivity contribution in [3.8, 4) is 0 Å². The van der Waals surface area contributed by atoms with Crippen LogP contribution in [0.2, 0.25) is 10.2 Å². The maximum Gasteiger partial charge on any atom is 0.147 e. The summed E-state index contributed by atoms with van der Waals surface area (Å²) in [6.45, 7) is 0.386. The largest absolute Gasteiger partial charge is 0.325 e. The maximum atomic E-state index is 5.60. The van der Waals surface area contributed by atoms with E-state index in [1.807, 2.05) is 0 Å². The lowest BCUT2D eigenvalue weighted by molar-refractivity contribution is 0.991. The molecule has 0 aliphatic heterocycles. The Balaban J connectivity index is 0. The lowest BCUT2D eigenvalue weighted by Crippen LogP contribution is -1.98. The molecule has 0 atom stereocenters. The van der Waals surface area contributed by atoms with E-state index in [1.54, 1.807) is 12.1 Å². The van der Waals surface area contributed by atoms with Gasteiger partial charge in [0.05, 0.1) is 10.7 Å². The number of rotatable bonds is 1. The normalized spacial score (nSPS) is 8.25. The summed E-state index contributed by atoms with van der Waals surface area (Å²) in [5, 5.41) is 0.767. The van der Waals surface area contributed by atoms with Crippen LogP contribution in [-0.2, 0) is 6.54 Å². The molecule has 1 rings (SSSR count). The first-order valence-electron chi connectivity index (χ1n) is 2.75. The highest BCUT2D eigenvalue weighted by atomic mass is 35.5. The number of aromatic nitrogens is 1. The highest BCUT2D eigenvalue weighted by Gasteiger charge is 1.97. The molecule has 1 aromatic rings. The number of halogens is 4. The average Bonchev–Trinajstić information content (AvgIpc) is 1.95. The third kappa shape index (κ3) is 3.78. The second kappa shape index (κ2) is 6.75. The third-order valence-corrected chi connectivity index (χ3v) is 1.76. The van der Waals surface area contributed by atoms with Gasteiger partial charge in [-0.15, -0.1) is 24.8 Å². The van der Waals surface area contributed by atoms with Crippen LogP contribution in [0.25, 0.3) is 0 Å². The van der Waals surface area contributed by atoms with Crippen molar-refractivity contribution in [2.24, 2.45) is 5.73 Å². The van der Waals surface area contributed by atoms with Crippen LogP contribution in [0.4, 0.5) is 0 Å². The highest BCUT2D eigenvalue weighted by Crippen LogP contribution is 2.18. The molecule has 12 heavy (non-hydrogen) atoms. The lowest BCUT2D eigenvalue weighted by Gasteiger charge is -1.96. The predicted octanol–water partition coefficient (Wildman–Crippen LogP) is 2.69. The van der Waals surface area contributed by atoms with E-state index in [2.05, 4.69) is 4.98 Å². The van der Waals surface area contributed by atoms with E-state index in [4.69, 9.17) is 28.9 Å². The summed E-state index contributed by atoms with van der Waals surface area (Å²) in [5.74, 6) is 0. The molecule has 0 aliphatic rings. The topological polar surface area (TPSA) is 38.9 Å². The number of hydrogen-bond acceptors (Lipinski definition) is 2. The van der Waals surface area contributed by atoms with E-state index in [0.717, 1.165) is 5.69 Å². The molecular weight excluding hydrogens is 242 g/mol. The van der Waals surface area contributed by atoms with Gasteiger partial charge < -0.3 is 5.73 Å². The van der Waals surface area contributed by atoms with Gasteiger partial charge in [-0.2, -0.15) is 0 Å². The summed E-state index contributed by atoms with van der Waals surface area (Å²) < 4.78 is 0. The first kappa shape index (κ1) is 14.8. The first-order valence-corrected chi connectivity index (χ1v) is 3.50. The van der Waals surface area contributed by atoms with Crippen molar-refractivity contribution in [2.75, 3.05) is 0 Å². The van der Waals surface area contributed by atoms with Crippen LogP contribution in [0.3, 0.4) is 0 Å². The molecule has 0 aromatic carbocycles. The molecule has 0 spiro atoms. The Morgan fingerprint density at radius 1 is 1.25 bits per heavy atom. The summed E-state index contributed by atoms with van der Waals surface area (Å²) in [6, 6.07) is 3.42. The fraction of sp³-hybridized carbons (Fsp3) is 0.167. The van der Waals surface area contributed by atoms with Gasteiger partial charge in [0.15, 0.2) is 0 Å². The van der Waals surface area contributed by atoms with E-state index in [0.29, 0.717) is 16.7 Å². The van der Waals surface area contributed by atoms with E-state index < -0.39 is 0 Å². The molecule has 2 nitrogen and oxygen atoms in total. The van der Waals surface area contributed by atoms with Gasteiger partial charge in [-0.25, -0.2) is 4.98 Å². The molecule has 1 heterocycles. The molecule has 0 saturated heterocycles. The Morgan fingerprint density at radius 2 is 1.83 bits per heavy atom. The summed E-state index contributed by atoms with van der Waals surface area (Å²) in [4.78, 5) is 3.90. The molecule has 70 valence electrons. The summed E-state index contributed by atoms with van der Waals surface area (Å²) >= 11 is 11.2. The maximum absolute atomic E-state index is 5.60. The predicted molar refractivity (Wildman–Crippen MR) is 56.6 cm³/mol. The number of nitrogens with two attached hydrogens (primary N) is 1. The highest BCUT2D eigenvalue weighted by molar-refractivity contribution is 6.41. The smallest absolute Gasteiger partial charge is 0.147 e. The fourth-order valence-electron chi connectivity index (χ4n) is 0.569. The second-order valence-corrected chi connectivity index (χ2v) is 2.54. The van der Waals surface area contributed by atoms with Gasteiger partial charge >= 0.3 is 0 Å². The van der Waals surface area contributed by atoms with Gasteiger partial charge in [-0.05, 0) is 12.1 Å². The SMILES string of the molecule is Cl.Cl.NCc1ccc(Cl)c(Cl)n1. The Hall–Kier alpha value is 0.270. The molecule has 6 heteroatoms. The summed E-state index contributed by atoms with van der Waals surface area (Å²) in [5.41, 5.74) is 6.05. The van der Waals surface area contributed by atoms with Crippen LogP contribution in [0.5, 0.6) is 0 Å². The van der Waals surface area contributed by atoms with E-state index in [1.165, 1.54) is 0 Å². The van der Waals surface area contributed by atoms with Crippen molar-refractivity contribution in [1.82, 2.24) is 4.98 Å². The number of pyridine rings is 1. The second-order valence-electron chi connectivity index (χ2n) is 1.78. The molecule has 0 saturated carbocycles. The van der Waals surface area contributed by atoms with E-state index in [9.17, 15) is 0 Å². The van der Waals surface area contributed by atoms with Crippen LogP contribution in [0.1, 0.15) is 5.69 Å². The molecule has 0 amide bonds. The van der Waals surface area contributed by atoms with Gasteiger partial charge in [-0.1, -0.05) is 23.2 Å². The minimum Gasteiger partial charge on any atom is -0.325 e. The quantitative estimate of drug-likeness (QED) is 0.778. The standard InChI is InChI=1S/C6H6Cl2N2.2ClH/c7-5-2-1-4(3-9)10-6(5)8;;/h1-2H,3,9H2;2*1H. The molecule has 0 bridgehead atoms. The summed E-state index contributed by atoms with van der Waals surface area (Å²) in [7, 11) is 0. The van der Waals surface area contributed by atoms with Gasteiger partial charge in [-0.3, -0.25) is 0 Å². The Labute approximate surface area is 93.3 Å². The van der Waals surface area contributed by atoms with Gasteiger partial charge in [0, 0.05) is 6.54 Å². The molecule has 0 radical (unpaired) electrons. The van der Waals surface area contributed by atoms with Crippen molar-refractivity contribution >= 4 is 48.0 Å². The van der Waals surface area contributed by atoms with Crippen molar-refractivity contribution in [3.63, 3.8) is 0 Å². The third-order valence-electron chi connectivity index (χ3n) is 1.07. The summed E-state index contributed by atoms with van der Waals surface area (Å²) in [6.07, 6.45) is 0. The molecular formula is C6H8Cl4N2. The van der Waals surface area contributed by atoms with Crippen LogP contribution < -0.4 is 5.73 Å². The average molecular weight is 250 g/mol. The Bertz CT molecular complexity index is 241. The zero-order chi connectivity index (χ0) is 7.56. The monoisotopic (exact) mass is 248 g/mol. The van der Waals surface area contributed by atoms with Crippen LogP contribution in [0, 0.1) is 0 Å². The van der Waals surface area contributed by atoms with Crippen LogP contribution >= 0.6 is 48.0 Å². The molecule has 2 N–H and O–H groups in total. The molecule has 0 aliphatic carbocycles. The number of hydrogen-bond donors (Lipinski definition) is 1. The zero-order valence-corrected chi connectivity index (χ0v) is 9.10. The minimum atomic E-state index is 0. The van der Waals surface area contributed by atoms with Gasteiger partial charge in [0.25, 0.3) is 0 Å². The molecule has 1 aromatic heterocycles. The van der Waals surface area contributed by atoms with E-state index in [-0.39, 0.29) is 24.8 Å². The number of nitrogens with zero attached hydrogens (tertiary/aromatic N) is 1. The van der Waals surface area contributed by atoms with Crippen molar-refractivity contribution in [3.05, 3.63) is 28.0 Å². The molecule has 0 unspecified atom stereocenters. The van der Waals surface area contributed by atoms with Crippen LogP contribution in [-0.4, -0.2) is 4.98 Å². The molecule has 0 fully saturated rings.